The Hall–Kier alpha value is -3.44. The zero-order valence-corrected chi connectivity index (χ0v) is 19.7. The van der Waals surface area contributed by atoms with Crippen LogP contribution in [0.15, 0.2) is 48.5 Å². The predicted molar refractivity (Wildman–Crippen MR) is 127 cm³/mol. The number of ether oxygens (including phenoxy) is 1. The van der Waals surface area contributed by atoms with Crippen molar-refractivity contribution in [3.8, 4) is 11.1 Å². The minimum atomic E-state index is -3.81. The van der Waals surface area contributed by atoms with Crippen LogP contribution in [0.3, 0.4) is 0 Å². The van der Waals surface area contributed by atoms with Gasteiger partial charge >= 0.3 is 12.1 Å². The van der Waals surface area contributed by atoms with Crippen molar-refractivity contribution in [2.45, 2.75) is 36.5 Å². The van der Waals surface area contributed by atoms with Crippen LogP contribution in [0.25, 0.3) is 11.1 Å². The number of rotatable bonds is 8. The minimum absolute atomic E-state index is 0.0386. The number of primary sulfonamides is 1. The molecule has 1 heterocycles. The molecule has 2 aromatic rings. The van der Waals surface area contributed by atoms with Crippen molar-refractivity contribution >= 4 is 28.0 Å². The molecule has 1 aliphatic carbocycles. The quantitative estimate of drug-likeness (QED) is 0.496. The number of fused-ring (bicyclic) bond motifs is 3. The first-order valence-electron chi connectivity index (χ1n) is 11.3. The SMILES string of the molecule is NS(=O)(=O)C1CCN(C(=O)C(CCC(=O)O)NC(=O)OCC2c3ccccc3-c3ccccc32)C1. The second kappa shape index (κ2) is 10.0. The molecule has 2 aromatic carbocycles. The number of nitrogens with one attached hydrogen (secondary N) is 1. The van der Waals surface area contributed by atoms with Gasteiger partial charge < -0.3 is 20.1 Å². The number of hydrogen-bond donors (Lipinski definition) is 3. The van der Waals surface area contributed by atoms with Gasteiger partial charge in [0.25, 0.3) is 0 Å². The van der Waals surface area contributed by atoms with E-state index >= 15 is 0 Å². The fraction of sp³-hybridized carbons (Fsp3) is 0.375. The first-order valence-corrected chi connectivity index (χ1v) is 12.9. The standard InChI is InChI=1S/C24H27N3O7S/c25-35(32,33)15-11-12-27(13-15)23(30)21(9-10-22(28)29)26-24(31)34-14-20-18-7-3-1-5-16(18)17-6-2-4-8-19(17)20/h1-8,15,20-21H,9-14H2,(H,26,31)(H,28,29)(H2,25,32,33). The summed E-state index contributed by atoms with van der Waals surface area (Å²) in [4.78, 5) is 38.0. The first kappa shape index (κ1) is 24.7. The van der Waals surface area contributed by atoms with Gasteiger partial charge in [-0.2, -0.15) is 0 Å². The van der Waals surface area contributed by atoms with Gasteiger partial charge in [0.15, 0.2) is 0 Å². The van der Waals surface area contributed by atoms with Gasteiger partial charge in [0.1, 0.15) is 12.6 Å². The van der Waals surface area contributed by atoms with Crippen LogP contribution in [0.4, 0.5) is 4.79 Å². The summed E-state index contributed by atoms with van der Waals surface area (Å²) in [5, 5.41) is 15.8. The molecule has 0 radical (unpaired) electrons. The number of sulfonamides is 1. The Bertz CT molecular complexity index is 1200. The van der Waals surface area contributed by atoms with Gasteiger partial charge in [-0.3, -0.25) is 9.59 Å². The summed E-state index contributed by atoms with van der Waals surface area (Å²) >= 11 is 0. The summed E-state index contributed by atoms with van der Waals surface area (Å²) in [6.07, 6.45) is -1.18. The smallest absolute Gasteiger partial charge is 0.407 e. The van der Waals surface area contributed by atoms with E-state index in [0.29, 0.717) is 0 Å². The van der Waals surface area contributed by atoms with E-state index in [2.05, 4.69) is 5.32 Å². The highest BCUT2D eigenvalue weighted by atomic mass is 32.2. The third-order valence-electron chi connectivity index (χ3n) is 6.50. The molecule has 186 valence electrons. The van der Waals surface area contributed by atoms with Crippen molar-refractivity contribution in [2.75, 3.05) is 19.7 Å². The number of carbonyl (C=O) groups excluding carboxylic acids is 2. The van der Waals surface area contributed by atoms with Crippen molar-refractivity contribution in [3.05, 3.63) is 59.7 Å². The molecule has 4 N–H and O–H groups in total. The van der Waals surface area contributed by atoms with E-state index < -0.39 is 39.3 Å². The Kier molecular flexibility index (Phi) is 7.08. The summed E-state index contributed by atoms with van der Waals surface area (Å²) in [5.74, 6) is -1.86. The normalized spacial score (nSPS) is 18.0. The number of nitrogens with zero attached hydrogens (tertiary/aromatic N) is 1. The molecule has 35 heavy (non-hydrogen) atoms. The highest BCUT2D eigenvalue weighted by Gasteiger charge is 2.37. The van der Waals surface area contributed by atoms with Gasteiger partial charge in [0.05, 0.1) is 5.25 Å². The summed E-state index contributed by atoms with van der Waals surface area (Å²) in [6.45, 7) is 0.0837. The lowest BCUT2D eigenvalue weighted by Crippen LogP contribution is -2.49. The van der Waals surface area contributed by atoms with E-state index in [1.807, 2.05) is 48.5 Å². The lowest BCUT2D eigenvalue weighted by Gasteiger charge is -2.24. The van der Waals surface area contributed by atoms with E-state index in [4.69, 9.17) is 15.0 Å². The Morgan fingerprint density at radius 2 is 1.69 bits per heavy atom. The molecule has 1 saturated heterocycles. The Labute approximate surface area is 203 Å². The fourth-order valence-corrected chi connectivity index (χ4v) is 5.55. The monoisotopic (exact) mass is 501 g/mol. The van der Waals surface area contributed by atoms with Crippen molar-refractivity contribution < 1.29 is 32.6 Å². The summed E-state index contributed by atoms with van der Waals surface area (Å²) in [6, 6.07) is 14.6. The Morgan fingerprint density at radius 3 is 2.23 bits per heavy atom. The number of carbonyl (C=O) groups is 3. The molecule has 2 unspecified atom stereocenters. The highest BCUT2D eigenvalue weighted by molar-refractivity contribution is 7.89. The number of carboxylic acids is 1. The van der Waals surface area contributed by atoms with Crippen molar-refractivity contribution in [3.63, 3.8) is 0 Å². The minimum Gasteiger partial charge on any atom is -0.481 e. The maximum Gasteiger partial charge on any atom is 0.407 e. The van der Waals surface area contributed by atoms with E-state index in [9.17, 15) is 22.8 Å². The van der Waals surface area contributed by atoms with Crippen LogP contribution < -0.4 is 10.5 Å². The lowest BCUT2D eigenvalue weighted by atomic mass is 9.98. The molecular weight excluding hydrogens is 474 g/mol. The predicted octanol–water partition coefficient (Wildman–Crippen LogP) is 1.65. The van der Waals surface area contributed by atoms with Crippen LogP contribution in [-0.4, -0.2) is 67.4 Å². The average Bonchev–Trinajstić information content (AvgIpc) is 3.44. The molecule has 10 nitrogen and oxygen atoms in total. The van der Waals surface area contributed by atoms with E-state index in [1.165, 1.54) is 4.90 Å². The second-order valence-corrected chi connectivity index (χ2v) is 10.6. The molecule has 0 saturated carbocycles. The molecule has 4 rings (SSSR count). The van der Waals surface area contributed by atoms with Crippen LogP contribution in [0, 0.1) is 0 Å². The van der Waals surface area contributed by atoms with Crippen LogP contribution >= 0.6 is 0 Å². The number of likely N-dealkylation sites (tertiary alicyclic amines) is 1. The number of aliphatic carboxylic acids is 1. The molecule has 0 aromatic heterocycles. The van der Waals surface area contributed by atoms with Gasteiger partial charge in [-0.05, 0) is 35.1 Å². The largest absolute Gasteiger partial charge is 0.481 e. The highest BCUT2D eigenvalue weighted by Crippen LogP contribution is 2.44. The summed E-state index contributed by atoms with van der Waals surface area (Å²) < 4.78 is 28.7. The van der Waals surface area contributed by atoms with Gasteiger partial charge in [-0.15, -0.1) is 0 Å². The number of hydrogen-bond acceptors (Lipinski definition) is 6. The fourth-order valence-electron chi connectivity index (χ4n) is 4.72. The second-order valence-electron chi connectivity index (χ2n) is 8.74. The third kappa shape index (κ3) is 5.46. The maximum absolute atomic E-state index is 13.0. The van der Waals surface area contributed by atoms with Crippen molar-refractivity contribution in [1.82, 2.24) is 10.2 Å². The third-order valence-corrected chi connectivity index (χ3v) is 7.82. The topological polar surface area (TPSA) is 156 Å². The van der Waals surface area contributed by atoms with Crippen molar-refractivity contribution in [1.29, 1.82) is 0 Å². The average molecular weight is 502 g/mol. The summed E-state index contributed by atoms with van der Waals surface area (Å²) in [7, 11) is -3.81. The number of carboxylic acid groups (broad SMARTS) is 1. The molecule has 1 fully saturated rings. The van der Waals surface area contributed by atoms with Crippen LogP contribution in [0.1, 0.15) is 36.3 Å². The van der Waals surface area contributed by atoms with E-state index in [-0.39, 0.29) is 44.9 Å². The molecular formula is C24H27N3O7S. The molecule has 0 spiro atoms. The maximum atomic E-state index is 13.0. The van der Waals surface area contributed by atoms with Crippen LogP contribution in [0.5, 0.6) is 0 Å². The zero-order chi connectivity index (χ0) is 25.2. The van der Waals surface area contributed by atoms with Gasteiger partial charge in [0.2, 0.25) is 15.9 Å². The van der Waals surface area contributed by atoms with E-state index in [1.54, 1.807) is 0 Å². The lowest BCUT2D eigenvalue weighted by molar-refractivity contribution is -0.137. The van der Waals surface area contributed by atoms with Crippen LogP contribution in [0.2, 0.25) is 0 Å². The number of nitrogens with two attached hydrogens (primary N) is 1. The molecule has 0 bridgehead atoms. The number of benzene rings is 2. The van der Waals surface area contributed by atoms with Crippen LogP contribution in [-0.2, 0) is 24.3 Å². The Balaban J connectivity index is 1.42. The van der Waals surface area contributed by atoms with Crippen molar-refractivity contribution in [2.24, 2.45) is 5.14 Å². The van der Waals surface area contributed by atoms with E-state index in [0.717, 1.165) is 22.3 Å². The summed E-state index contributed by atoms with van der Waals surface area (Å²) in [5.41, 5.74) is 4.22. The van der Waals surface area contributed by atoms with Gasteiger partial charge in [0, 0.05) is 25.4 Å². The zero-order valence-electron chi connectivity index (χ0n) is 18.9. The molecule has 2 atom stereocenters. The number of alkyl carbamates (subject to hydrolysis) is 1. The first-order chi connectivity index (χ1) is 16.6. The van der Waals surface area contributed by atoms with Gasteiger partial charge in [-0.25, -0.2) is 18.4 Å². The molecule has 11 heteroatoms. The molecule has 1 aliphatic heterocycles. The number of amides is 2. The van der Waals surface area contributed by atoms with Gasteiger partial charge in [-0.1, -0.05) is 48.5 Å². The molecule has 2 aliphatic rings. The Morgan fingerprint density at radius 1 is 1.09 bits per heavy atom. The molecule has 2 amide bonds.